The van der Waals surface area contributed by atoms with E-state index in [1.54, 1.807) is 0 Å². The molecule has 0 aromatic carbocycles. The predicted octanol–water partition coefficient (Wildman–Crippen LogP) is 4.07. The Kier molecular flexibility index (Phi) is 5.47. The molecule has 8 heteroatoms. The molecular weight excluding hydrogens is 281 g/mol. The Morgan fingerprint density at radius 2 is 1.60 bits per heavy atom. The third kappa shape index (κ3) is 3.46. The van der Waals surface area contributed by atoms with E-state index >= 15 is 0 Å². The van der Waals surface area contributed by atoms with Crippen molar-refractivity contribution in [1.29, 1.82) is 0 Å². The molecule has 116 valence electrons. The topological polar surface area (TPSA) is 30.7 Å². The van der Waals surface area contributed by atoms with Crippen molar-refractivity contribution in [3.63, 3.8) is 0 Å². The van der Waals surface area contributed by atoms with Gasteiger partial charge in [0.1, 0.15) is 5.69 Å². The number of unbranched alkanes of at least 4 members (excludes halogenated alkanes) is 2. The number of halogens is 5. The average molecular weight is 299 g/mol. The lowest BCUT2D eigenvalue weighted by molar-refractivity contribution is -0.292. The first kappa shape index (κ1) is 16.8. The Hall–Kier alpha value is -1.21. The summed E-state index contributed by atoms with van der Waals surface area (Å²) in [5, 5.41) is 6.99. The van der Waals surface area contributed by atoms with Crippen molar-refractivity contribution in [3.8, 4) is 0 Å². The minimum Gasteiger partial charge on any atom is -0.243 e. The van der Waals surface area contributed by atoms with E-state index in [9.17, 15) is 22.0 Å². The van der Waals surface area contributed by atoms with Crippen molar-refractivity contribution in [2.45, 2.75) is 64.6 Å². The van der Waals surface area contributed by atoms with Crippen molar-refractivity contribution in [2.75, 3.05) is 0 Å². The summed E-state index contributed by atoms with van der Waals surface area (Å²) in [5.74, 6) is -4.92. The zero-order valence-electron chi connectivity index (χ0n) is 11.5. The van der Waals surface area contributed by atoms with Crippen LogP contribution in [0.3, 0.4) is 0 Å². The minimum absolute atomic E-state index is 0.0105. The molecule has 0 bridgehead atoms. The number of alkyl halides is 5. The fraction of sp³-hybridized carbons (Fsp3) is 0.833. The van der Waals surface area contributed by atoms with Gasteiger partial charge in [-0.05, 0) is 19.3 Å². The van der Waals surface area contributed by atoms with Gasteiger partial charge in [-0.1, -0.05) is 31.9 Å². The monoisotopic (exact) mass is 299 g/mol. The summed E-state index contributed by atoms with van der Waals surface area (Å²) in [6.45, 7) is 3.65. The summed E-state index contributed by atoms with van der Waals surface area (Å²) < 4.78 is 65.7. The smallest absolute Gasteiger partial charge is 0.243 e. The summed E-state index contributed by atoms with van der Waals surface area (Å²) in [4.78, 5) is 0. The summed E-state index contributed by atoms with van der Waals surface area (Å²) in [7, 11) is 0. The van der Waals surface area contributed by atoms with E-state index in [2.05, 4.69) is 10.3 Å². The van der Waals surface area contributed by atoms with Crippen LogP contribution in [0.4, 0.5) is 22.0 Å². The van der Waals surface area contributed by atoms with Crippen molar-refractivity contribution >= 4 is 0 Å². The molecule has 0 amide bonds. The van der Waals surface area contributed by atoms with Crippen molar-refractivity contribution in [3.05, 3.63) is 11.4 Å². The van der Waals surface area contributed by atoms with E-state index in [0.717, 1.165) is 0 Å². The van der Waals surface area contributed by atoms with Gasteiger partial charge in [0, 0.05) is 6.54 Å². The van der Waals surface area contributed by atoms with E-state index in [1.807, 2.05) is 13.8 Å². The highest BCUT2D eigenvalue weighted by molar-refractivity contribution is 5.18. The van der Waals surface area contributed by atoms with Gasteiger partial charge in [-0.25, -0.2) is 4.68 Å². The molecule has 20 heavy (non-hydrogen) atoms. The van der Waals surface area contributed by atoms with Crippen LogP contribution in [0.15, 0.2) is 0 Å². The van der Waals surface area contributed by atoms with E-state index < -0.39 is 17.8 Å². The van der Waals surface area contributed by atoms with E-state index in [0.29, 0.717) is 30.4 Å². The van der Waals surface area contributed by atoms with Crippen LogP contribution in [0.5, 0.6) is 0 Å². The Morgan fingerprint density at radius 1 is 1.00 bits per heavy atom. The Labute approximate surface area is 114 Å². The van der Waals surface area contributed by atoms with Gasteiger partial charge in [0.2, 0.25) is 0 Å². The molecular formula is C12H18F5N3. The first-order valence-corrected chi connectivity index (χ1v) is 6.63. The highest BCUT2D eigenvalue weighted by Crippen LogP contribution is 2.44. The van der Waals surface area contributed by atoms with Gasteiger partial charge in [0.25, 0.3) is 0 Å². The van der Waals surface area contributed by atoms with Gasteiger partial charge in [-0.3, -0.25) is 0 Å². The van der Waals surface area contributed by atoms with Crippen LogP contribution in [0, 0.1) is 0 Å². The van der Waals surface area contributed by atoms with Crippen LogP contribution in [0.1, 0.15) is 50.9 Å². The molecule has 0 unspecified atom stereocenters. The number of hydrogen-bond acceptors (Lipinski definition) is 2. The Bertz CT molecular complexity index is 400. The largest absolute Gasteiger partial charge is 0.459 e. The molecule has 0 fully saturated rings. The molecule has 0 aliphatic rings. The third-order valence-corrected chi connectivity index (χ3v) is 2.95. The highest BCUT2D eigenvalue weighted by Gasteiger charge is 2.61. The molecule has 0 atom stereocenters. The quantitative estimate of drug-likeness (QED) is 0.710. The zero-order chi connectivity index (χ0) is 15.4. The second-order valence-corrected chi connectivity index (χ2v) is 4.64. The lowest BCUT2D eigenvalue weighted by Gasteiger charge is -2.21. The number of aromatic nitrogens is 3. The molecule has 1 heterocycles. The van der Waals surface area contributed by atoms with Gasteiger partial charge in [0.05, 0.1) is 5.69 Å². The second-order valence-electron chi connectivity index (χ2n) is 4.64. The molecule has 0 aliphatic heterocycles. The SMILES string of the molecule is CCCCc1nnn(CCCC)c1C(F)(F)C(F)(F)F. The number of aryl methyl sites for hydroxylation is 2. The Balaban J connectivity index is 3.19. The van der Waals surface area contributed by atoms with Gasteiger partial charge in [-0.2, -0.15) is 22.0 Å². The fourth-order valence-electron chi connectivity index (χ4n) is 1.80. The number of hydrogen-bond donors (Lipinski definition) is 0. The summed E-state index contributed by atoms with van der Waals surface area (Å²) >= 11 is 0. The Morgan fingerprint density at radius 3 is 2.10 bits per heavy atom. The van der Waals surface area contributed by atoms with Gasteiger partial charge >= 0.3 is 12.1 Å². The maximum absolute atomic E-state index is 13.6. The van der Waals surface area contributed by atoms with E-state index in [-0.39, 0.29) is 18.7 Å². The van der Waals surface area contributed by atoms with Crippen molar-refractivity contribution in [2.24, 2.45) is 0 Å². The molecule has 1 rings (SSSR count). The first-order chi connectivity index (χ1) is 9.25. The molecule has 0 N–H and O–H groups in total. The first-order valence-electron chi connectivity index (χ1n) is 6.63. The average Bonchev–Trinajstić information content (AvgIpc) is 2.75. The second kappa shape index (κ2) is 6.49. The standard InChI is InChI=1S/C12H18F5N3/c1-3-5-7-9-10(11(13,14)12(15,16)17)20(19-18-9)8-6-4-2/h3-8H2,1-2H3. The zero-order valence-corrected chi connectivity index (χ0v) is 11.5. The maximum atomic E-state index is 13.6. The van der Waals surface area contributed by atoms with Crippen LogP contribution in [-0.4, -0.2) is 21.2 Å². The van der Waals surface area contributed by atoms with Gasteiger partial charge < -0.3 is 0 Å². The molecule has 0 radical (unpaired) electrons. The molecule has 0 spiro atoms. The van der Waals surface area contributed by atoms with Crippen LogP contribution in [0.2, 0.25) is 0 Å². The summed E-state index contributed by atoms with van der Waals surface area (Å²) in [5.41, 5.74) is -1.36. The minimum atomic E-state index is -5.64. The third-order valence-electron chi connectivity index (χ3n) is 2.95. The lowest BCUT2D eigenvalue weighted by Crippen LogP contribution is -2.37. The summed E-state index contributed by atoms with van der Waals surface area (Å²) in [6, 6.07) is 0. The van der Waals surface area contributed by atoms with Crippen LogP contribution in [0.25, 0.3) is 0 Å². The molecule has 1 aromatic rings. The number of rotatable bonds is 7. The highest BCUT2D eigenvalue weighted by atomic mass is 19.4. The molecule has 0 saturated heterocycles. The van der Waals surface area contributed by atoms with E-state index in [4.69, 9.17) is 0 Å². The van der Waals surface area contributed by atoms with Crippen LogP contribution >= 0.6 is 0 Å². The van der Waals surface area contributed by atoms with Gasteiger partial charge in [0.15, 0.2) is 0 Å². The summed E-state index contributed by atoms with van der Waals surface area (Å²) in [6.07, 6.45) is -3.26. The predicted molar refractivity (Wildman–Crippen MR) is 63.5 cm³/mol. The molecule has 3 nitrogen and oxygen atoms in total. The normalized spacial score (nSPS) is 12.9. The molecule has 1 aromatic heterocycles. The van der Waals surface area contributed by atoms with Gasteiger partial charge in [-0.15, -0.1) is 5.10 Å². The van der Waals surface area contributed by atoms with Crippen molar-refractivity contribution < 1.29 is 22.0 Å². The lowest BCUT2D eigenvalue weighted by atomic mass is 10.1. The van der Waals surface area contributed by atoms with Crippen LogP contribution < -0.4 is 0 Å². The maximum Gasteiger partial charge on any atom is 0.459 e. The van der Waals surface area contributed by atoms with E-state index in [1.165, 1.54) is 0 Å². The van der Waals surface area contributed by atoms with Crippen LogP contribution in [-0.2, 0) is 18.9 Å². The molecule has 0 aliphatic carbocycles. The van der Waals surface area contributed by atoms with Crippen molar-refractivity contribution in [1.82, 2.24) is 15.0 Å². The number of nitrogens with zero attached hydrogens (tertiary/aromatic N) is 3. The fourth-order valence-corrected chi connectivity index (χ4v) is 1.80. The molecule has 0 saturated carbocycles.